The van der Waals surface area contributed by atoms with E-state index in [4.69, 9.17) is 9.47 Å². The first kappa shape index (κ1) is 22.7. The lowest BCUT2D eigenvalue weighted by Crippen LogP contribution is -2.33. The molecule has 2 aromatic rings. The Bertz CT molecular complexity index is 1070. The van der Waals surface area contributed by atoms with Crippen LogP contribution in [0.15, 0.2) is 41.5 Å². The van der Waals surface area contributed by atoms with Crippen LogP contribution in [0.1, 0.15) is 12.5 Å². The Morgan fingerprint density at radius 3 is 2.67 bits per heavy atom. The van der Waals surface area contributed by atoms with Crippen molar-refractivity contribution in [2.45, 2.75) is 13.0 Å². The summed E-state index contributed by atoms with van der Waals surface area (Å²) in [6, 6.07) is 8.71. The highest BCUT2D eigenvalue weighted by molar-refractivity contribution is 5.90. The summed E-state index contributed by atoms with van der Waals surface area (Å²) in [4.78, 5) is 24.5. The molecular weight excluding hydrogens is 434 g/mol. The van der Waals surface area contributed by atoms with Crippen LogP contribution < -0.4 is 10.2 Å². The summed E-state index contributed by atoms with van der Waals surface area (Å²) in [5, 5.41) is 8.66. The van der Waals surface area contributed by atoms with Gasteiger partial charge in [-0.25, -0.2) is 13.6 Å². The number of halogens is 2. The van der Waals surface area contributed by atoms with Crippen LogP contribution in [0.5, 0.6) is 0 Å². The molecule has 10 heteroatoms. The molecule has 0 aromatic heterocycles. The lowest BCUT2D eigenvalue weighted by Gasteiger charge is -2.23. The highest BCUT2D eigenvalue weighted by Gasteiger charge is 2.32. The fourth-order valence-electron chi connectivity index (χ4n) is 3.61. The number of hydrazone groups is 1. The number of cyclic esters (lactones) is 1. The summed E-state index contributed by atoms with van der Waals surface area (Å²) >= 11 is 0. The van der Waals surface area contributed by atoms with E-state index in [9.17, 15) is 18.4 Å². The topological polar surface area (TPSA) is 83.5 Å². The number of rotatable bonds is 6. The van der Waals surface area contributed by atoms with Crippen molar-refractivity contribution in [2.24, 2.45) is 5.10 Å². The minimum atomic E-state index is -0.618. The van der Waals surface area contributed by atoms with Gasteiger partial charge in [-0.1, -0.05) is 6.07 Å². The van der Waals surface area contributed by atoms with E-state index in [1.165, 1.54) is 36.2 Å². The number of carbonyl (C=O) groups is 2. The van der Waals surface area contributed by atoms with Crippen molar-refractivity contribution in [2.75, 3.05) is 44.3 Å². The molecule has 2 aromatic carbocycles. The van der Waals surface area contributed by atoms with Gasteiger partial charge in [-0.05, 0) is 35.9 Å². The molecule has 2 saturated heterocycles. The number of nitrogens with one attached hydrogen (secondary N) is 1. The predicted molar refractivity (Wildman–Crippen MR) is 118 cm³/mol. The minimum absolute atomic E-state index is 0.179. The zero-order chi connectivity index (χ0) is 23.4. The quantitative estimate of drug-likeness (QED) is 0.673. The fourth-order valence-corrected chi connectivity index (χ4v) is 3.61. The molecule has 0 saturated carbocycles. The summed E-state index contributed by atoms with van der Waals surface area (Å²) in [6.07, 6.45) is 0.303. The van der Waals surface area contributed by atoms with Crippen LogP contribution in [0.25, 0.3) is 11.1 Å². The van der Waals surface area contributed by atoms with Gasteiger partial charge in [-0.15, -0.1) is 0 Å². The maximum absolute atomic E-state index is 14.9. The number of morpholine rings is 1. The lowest BCUT2D eigenvalue weighted by molar-refractivity contribution is -0.119. The molecule has 2 aliphatic heterocycles. The number of hydrogen-bond acceptors (Lipinski definition) is 6. The van der Waals surface area contributed by atoms with Crippen molar-refractivity contribution in [1.29, 1.82) is 0 Å². The number of amides is 2. The van der Waals surface area contributed by atoms with Crippen LogP contribution >= 0.6 is 0 Å². The van der Waals surface area contributed by atoms with E-state index in [2.05, 4.69) is 10.4 Å². The summed E-state index contributed by atoms with van der Waals surface area (Å²) in [6.45, 7) is 4.19. The van der Waals surface area contributed by atoms with Crippen molar-refractivity contribution in [1.82, 2.24) is 10.3 Å². The molecule has 33 heavy (non-hydrogen) atoms. The maximum Gasteiger partial charge on any atom is 0.414 e. The van der Waals surface area contributed by atoms with E-state index in [-0.39, 0.29) is 24.6 Å². The van der Waals surface area contributed by atoms with Gasteiger partial charge in [0.15, 0.2) is 0 Å². The smallest absolute Gasteiger partial charge is 0.414 e. The average Bonchev–Trinajstić information content (AvgIpc) is 3.18. The second-order valence-electron chi connectivity index (χ2n) is 7.76. The van der Waals surface area contributed by atoms with Gasteiger partial charge in [0, 0.05) is 18.1 Å². The summed E-state index contributed by atoms with van der Waals surface area (Å²) in [7, 11) is 0. The molecule has 4 rings (SSSR count). The largest absolute Gasteiger partial charge is 0.442 e. The van der Waals surface area contributed by atoms with Gasteiger partial charge < -0.3 is 14.8 Å². The van der Waals surface area contributed by atoms with E-state index in [0.29, 0.717) is 43.1 Å². The summed E-state index contributed by atoms with van der Waals surface area (Å²) < 4.78 is 40.0. The molecule has 174 valence electrons. The monoisotopic (exact) mass is 458 g/mol. The zero-order valence-corrected chi connectivity index (χ0v) is 18.1. The lowest BCUT2D eigenvalue weighted by atomic mass is 10.0. The van der Waals surface area contributed by atoms with Gasteiger partial charge in [-0.3, -0.25) is 14.7 Å². The minimum Gasteiger partial charge on any atom is -0.442 e. The Labute approximate surface area is 189 Å². The first-order valence-electron chi connectivity index (χ1n) is 10.6. The number of carbonyl (C=O) groups excluding carboxylic acids is 2. The third-order valence-corrected chi connectivity index (χ3v) is 5.38. The second-order valence-corrected chi connectivity index (χ2v) is 7.76. The van der Waals surface area contributed by atoms with Crippen LogP contribution in [0.2, 0.25) is 0 Å². The Morgan fingerprint density at radius 1 is 1.18 bits per heavy atom. The fraction of sp³-hybridized carbons (Fsp3) is 0.348. The van der Waals surface area contributed by atoms with Crippen LogP contribution in [-0.4, -0.2) is 68.7 Å². The Morgan fingerprint density at radius 2 is 1.97 bits per heavy atom. The second kappa shape index (κ2) is 9.95. The number of benzene rings is 2. The average molecular weight is 458 g/mol. The first-order valence-corrected chi connectivity index (χ1v) is 10.6. The van der Waals surface area contributed by atoms with Crippen LogP contribution in [0.4, 0.5) is 19.3 Å². The van der Waals surface area contributed by atoms with Gasteiger partial charge in [0.2, 0.25) is 5.91 Å². The van der Waals surface area contributed by atoms with Gasteiger partial charge >= 0.3 is 6.09 Å². The molecule has 0 radical (unpaired) electrons. The molecule has 1 N–H and O–H groups in total. The van der Waals surface area contributed by atoms with Gasteiger partial charge in [0.1, 0.15) is 17.7 Å². The van der Waals surface area contributed by atoms with Crippen molar-refractivity contribution < 1.29 is 27.8 Å². The molecule has 0 aliphatic carbocycles. The molecular formula is C23H24F2N4O4. The Kier molecular flexibility index (Phi) is 6.83. The van der Waals surface area contributed by atoms with Crippen LogP contribution in [0.3, 0.4) is 0 Å². The normalized spacial score (nSPS) is 18.6. The van der Waals surface area contributed by atoms with E-state index in [0.717, 1.165) is 0 Å². The molecule has 0 spiro atoms. The highest BCUT2D eigenvalue weighted by Crippen LogP contribution is 2.30. The number of nitrogens with zero attached hydrogens (tertiary/aromatic N) is 3. The predicted octanol–water partition coefficient (Wildman–Crippen LogP) is 2.76. The van der Waals surface area contributed by atoms with Crippen molar-refractivity contribution in [3.63, 3.8) is 0 Å². The molecule has 2 aliphatic rings. The number of hydrogen-bond donors (Lipinski definition) is 1. The number of ether oxygens (including phenoxy) is 2. The Hall–Kier alpha value is -3.53. The number of anilines is 1. The third kappa shape index (κ3) is 5.46. The highest BCUT2D eigenvalue weighted by atomic mass is 19.1. The van der Waals surface area contributed by atoms with Crippen molar-refractivity contribution in [3.05, 3.63) is 53.6 Å². The Balaban J connectivity index is 1.46. The standard InChI is InChI=1S/C23H24F2N4O4/c1-15(30)26-13-19-14-29(23(31)33-19)18-4-5-20(22(25)11-18)16-2-3-17(21(24)10-16)12-27-28-6-8-32-9-7-28/h2-5,10-12,19H,6-9,13-14H2,1H3,(H,26,30)/t19-/m0/s1. The maximum atomic E-state index is 14.9. The molecule has 0 bridgehead atoms. The molecule has 2 fully saturated rings. The van der Waals surface area contributed by atoms with Crippen LogP contribution in [-0.2, 0) is 14.3 Å². The van der Waals surface area contributed by atoms with E-state index in [1.54, 1.807) is 23.2 Å². The molecule has 1 atom stereocenters. The first-order chi connectivity index (χ1) is 15.9. The summed E-state index contributed by atoms with van der Waals surface area (Å²) in [5.41, 5.74) is 1.19. The van der Waals surface area contributed by atoms with E-state index in [1.807, 2.05) is 0 Å². The van der Waals surface area contributed by atoms with Gasteiger partial charge in [0.25, 0.3) is 0 Å². The summed E-state index contributed by atoms with van der Waals surface area (Å²) in [5.74, 6) is -1.35. The third-order valence-electron chi connectivity index (χ3n) is 5.38. The van der Waals surface area contributed by atoms with E-state index < -0.39 is 23.8 Å². The zero-order valence-electron chi connectivity index (χ0n) is 18.1. The molecule has 2 amide bonds. The van der Waals surface area contributed by atoms with Crippen LogP contribution in [0, 0.1) is 11.6 Å². The molecule has 2 heterocycles. The van der Waals surface area contributed by atoms with Gasteiger partial charge in [-0.2, -0.15) is 5.10 Å². The van der Waals surface area contributed by atoms with Crippen molar-refractivity contribution >= 4 is 23.9 Å². The van der Waals surface area contributed by atoms with Gasteiger partial charge in [0.05, 0.1) is 51.3 Å². The molecule has 8 nitrogen and oxygen atoms in total. The van der Waals surface area contributed by atoms with E-state index >= 15 is 0 Å². The SMILES string of the molecule is CC(=O)NC[C@H]1CN(c2ccc(-c3ccc(C=NN4CCOCC4)c(F)c3)c(F)c2)C(=O)O1. The molecule has 0 unspecified atom stereocenters. The van der Waals surface area contributed by atoms with Crippen molar-refractivity contribution in [3.8, 4) is 11.1 Å².